The lowest BCUT2D eigenvalue weighted by Crippen LogP contribution is -2.54. The molecule has 2 aromatic rings. The van der Waals surface area contributed by atoms with Gasteiger partial charge in [-0.15, -0.1) is 9.98 Å². The fraction of sp³-hybridized carbons (Fsp3) is 0.523. The van der Waals surface area contributed by atoms with Crippen LogP contribution in [0.2, 0.25) is 0 Å². The van der Waals surface area contributed by atoms with E-state index in [0.29, 0.717) is 18.5 Å². The lowest BCUT2D eigenvalue weighted by molar-refractivity contribution is 0.0536. The Hall–Kier alpha value is -6.27. The van der Waals surface area contributed by atoms with Crippen molar-refractivity contribution in [3.8, 4) is 0 Å². The zero-order valence-electron chi connectivity index (χ0n) is 38.2. The van der Waals surface area contributed by atoms with Crippen LogP contribution in [0.5, 0.6) is 0 Å². The molecule has 1 saturated heterocycles. The summed E-state index contributed by atoms with van der Waals surface area (Å²) in [6.45, 7) is 21.9. The Morgan fingerprint density at radius 1 is 0.603 bits per heavy atom. The summed E-state index contributed by atoms with van der Waals surface area (Å²) in [5, 5.41) is 7.63. The van der Waals surface area contributed by atoms with Gasteiger partial charge in [0.2, 0.25) is 11.9 Å². The van der Waals surface area contributed by atoms with Crippen molar-refractivity contribution in [2.24, 2.45) is 9.98 Å². The van der Waals surface area contributed by atoms with Gasteiger partial charge in [-0.05, 0) is 131 Å². The van der Waals surface area contributed by atoms with Crippen LogP contribution in [0, 0.1) is 11.6 Å². The smallest absolute Gasteiger partial charge is 0.437 e. The summed E-state index contributed by atoms with van der Waals surface area (Å²) in [5.74, 6) is -2.34. The molecule has 1 fully saturated rings. The molecule has 0 bridgehead atoms. The van der Waals surface area contributed by atoms with E-state index in [4.69, 9.17) is 18.9 Å². The molecule has 2 aliphatic rings. The standard InChI is InChI=1S/C44H60F2N8O9/c1-41(2,3)60-37(56)48-35(49-38(57)61-42(4,5)6)53-19-17-27(18-20-53)28-13-15-30(31(45)25-28)34(55)47-29-14-16-33(32(46)26-29)52-21-23-54(24-22-52)36(50-39(58)62-43(7,8)9)51-40(59)63-44(10,11)12/h13-17,25-26H,18-24H2,1-12H3,(H,47,55)(H,48,49,56,57)(H,50,51,58,59). The molecular weight excluding hydrogens is 823 g/mol. The highest BCUT2D eigenvalue weighted by atomic mass is 19.1. The predicted molar refractivity (Wildman–Crippen MR) is 235 cm³/mol. The molecule has 2 heterocycles. The summed E-state index contributed by atoms with van der Waals surface area (Å²) in [5.41, 5.74) is -1.87. The zero-order valence-corrected chi connectivity index (χ0v) is 38.2. The Bertz CT molecular complexity index is 2140. The second-order valence-electron chi connectivity index (χ2n) is 18.8. The van der Waals surface area contributed by atoms with Crippen LogP contribution >= 0.6 is 0 Å². The van der Waals surface area contributed by atoms with Crippen molar-refractivity contribution in [1.29, 1.82) is 0 Å². The molecule has 4 rings (SSSR count). The van der Waals surface area contributed by atoms with Crippen LogP contribution in [-0.2, 0) is 18.9 Å². The van der Waals surface area contributed by atoms with Gasteiger partial charge in [0.1, 0.15) is 34.0 Å². The molecule has 3 N–H and O–H groups in total. The van der Waals surface area contributed by atoms with Crippen molar-refractivity contribution < 1.29 is 51.7 Å². The Kier molecular flexibility index (Phi) is 15.6. The number of rotatable bonds is 4. The summed E-state index contributed by atoms with van der Waals surface area (Å²) in [7, 11) is 0. The summed E-state index contributed by atoms with van der Waals surface area (Å²) in [6.07, 6.45) is -1.25. The predicted octanol–water partition coefficient (Wildman–Crippen LogP) is 8.06. The zero-order chi connectivity index (χ0) is 47.1. The quantitative estimate of drug-likeness (QED) is 0.152. The molecular formula is C44H60F2N8O9. The van der Waals surface area contributed by atoms with Crippen molar-refractivity contribution in [3.63, 3.8) is 0 Å². The first-order valence-electron chi connectivity index (χ1n) is 20.5. The molecule has 0 saturated carbocycles. The molecule has 5 amide bonds. The third-order valence-electron chi connectivity index (χ3n) is 8.63. The van der Waals surface area contributed by atoms with Crippen molar-refractivity contribution in [1.82, 2.24) is 20.4 Å². The van der Waals surface area contributed by atoms with Gasteiger partial charge >= 0.3 is 24.4 Å². The van der Waals surface area contributed by atoms with Gasteiger partial charge < -0.3 is 39.0 Å². The molecule has 0 unspecified atom stereocenters. The van der Waals surface area contributed by atoms with Gasteiger partial charge in [0, 0.05) is 45.0 Å². The molecule has 0 aromatic heterocycles. The van der Waals surface area contributed by atoms with E-state index in [1.54, 1.807) is 110 Å². The molecule has 2 aromatic carbocycles. The maximum Gasteiger partial charge on any atom is 0.437 e. The van der Waals surface area contributed by atoms with Crippen molar-refractivity contribution in [2.75, 3.05) is 49.5 Å². The molecule has 0 spiro atoms. The number of halogens is 2. The lowest BCUT2D eigenvalue weighted by atomic mass is 9.98. The SMILES string of the molecule is CC(C)(C)OC(=O)N=C(NC(=O)OC(C)(C)C)N1CC=C(c2ccc(C(=O)Nc3ccc(N4CCN(C(=NC(=O)OC(C)(C)C)NC(=O)OC(C)(C)C)CC4)c(F)c3)c(F)c2)CC1. The fourth-order valence-corrected chi connectivity index (χ4v) is 6.11. The van der Waals surface area contributed by atoms with Crippen molar-refractivity contribution in [2.45, 2.75) is 112 Å². The van der Waals surface area contributed by atoms with Crippen LogP contribution in [0.25, 0.3) is 5.57 Å². The topological polar surface area (TPSA) is 193 Å². The Morgan fingerprint density at radius 3 is 1.56 bits per heavy atom. The number of hydrogen-bond acceptors (Lipinski definition) is 10. The van der Waals surface area contributed by atoms with Crippen LogP contribution in [0.15, 0.2) is 52.5 Å². The third-order valence-corrected chi connectivity index (χ3v) is 8.63. The minimum absolute atomic E-state index is 0.0653. The van der Waals surface area contributed by atoms with E-state index in [0.717, 1.165) is 11.6 Å². The average molecular weight is 883 g/mol. The molecule has 19 heteroatoms. The van der Waals surface area contributed by atoms with Crippen molar-refractivity contribution >= 4 is 59.1 Å². The number of benzene rings is 2. The van der Waals surface area contributed by atoms with Crippen LogP contribution in [0.1, 0.15) is 105 Å². The summed E-state index contributed by atoms with van der Waals surface area (Å²) in [4.78, 5) is 76.6. The third kappa shape index (κ3) is 16.2. The van der Waals surface area contributed by atoms with E-state index in [9.17, 15) is 24.0 Å². The van der Waals surface area contributed by atoms with Crippen LogP contribution in [0.3, 0.4) is 0 Å². The first-order chi connectivity index (χ1) is 29.0. The number of carbonyl (C=O) groups excluding carboxylic acids is 5. The second-order valence-corrected chi connectivity index (χ2v) is 18.8. The first-order valence-corrected chi connectivity index (χ1v) is 20.5. The molecule has 0 radical (unpaired) electrons. The summed E-state index contributed by atoms with van der Waals surface area (Å²) < 4.78 is 52.4. The minimum Gasteiger partial charge on any atom is -0.444 e. The number of guanidine groups is 2. The number of carbonyl (C=O) groups is 5. The van der Waals surface area contributed by atoms with Gasteiger partial charge in [0.25, 0.3) is 5.91 Å². The van der Waals surface area contributed by atoms with E-state index in [-0.39, 0.29) is 61.6 Å². The van der Waals surface area contributed by atoms with E-state index >= 15 is 8.78 Å². The van der Waals surface area contributed by atoms with E-state index < -0.39 is 64.3 Å². The highest BCUT2D eigenvalue weighted by Gasteiger charge is 2.29. The van der Waals surface area contributed by atoms with Gasteiger partial charge in [-0.3, -0.25) is 15.4 Å². The maximum absolute atomic E-state index is 15.6. The van der Waals surface area contributed by atoms with Gasteiger partial charge in [-0.25, -0.2) is 28.0 Å². The van der Waals surface area contributed by atoms with E-state index in [1.807, 2.05) is 0 Å². The largest absolute Gasteiger partial charge is 0.444 e. The van der Waals surface area contributed by atoms with Crippen LogP contribution < -0.4 is 20.9 Å². The second kappa shape index (κ2) is 19.8. The van der Waals surface area contributed by atoms with Gasteiger partial charge in [0.15, 0.2) is 0 Å². The molecule has 17 nitrogen and oxygen atoms in total. The average Bonchev–Trinajstić information content (AvgIpc) is 3.11. The highest BCUT2D eigenvalue weighted by Crippen LogP contribution is 2.27. The number of hydrogen-bond donors (Lipinski definition) is 3. The summed E-state index contributed by atoms with van der Waals surface area (Å²) in [6, 6.07) is 8.33. The van der Waals surface area contributed by atoms with E-state index in [2.05, 4.69) is 25.9 Å². The first kappa shape index (κ1) is 49.4. The Morgan fingerprint density at radius 2 is 1.11 bits per heavy atom. The molecule has 344 valence electrons. The maximum atomic E-state index is 15.6. The minimum atomic E-state index is -0.903. The van der Waals surface area contributed by atoms with Crippen LogP contribution in [0.4, 0.5) is 39.3 Å². The lowest BCUT2D eigenvalue weighted by Gasteiger charge is -2.37. The number of nitrogens with one attached hydrogen (secondary N) is 3. The molecule has 2 aliphatic heterocycles. The number of piperazine rings is 1. The fourth-order valence-electron chi connectivity index (χ4n) is 6.11. The van der Waals surface area contributed by atoms with Crippen LogP contribution in [-0.4, -0.2) is 114 Å². The van der Waals surface area contributed by atoms with Gasteiger partial charge in [-0.1, -0.05) is 12.1 Å². The number of alkyl carbamates (subject to hydrolysis) is 2. The molecule has 0 atom stereocenters. The Labute approximate surface area is 367 Å². The van der Waals surface area contributed by atoms with Crippen molar-refractivity contribution in [3.05, 3.63) is 65.2 Å². The number of anilines is 2. The number of ether oxygens (including phenoxy) is 4. The Balaban J connectivity index is 1.40. The highest BCUT2D eigenvalue weighted by molar-refractivity contribution is 6.05. The van der Waals surface area contributed by atoms with Gasteiger partial charge in [-0.2, -0.15) is 0 Å². The number of nitrogens with zero attached hydrogens (tertiary/aromatic N) is 5. The normalized spacial score (nSPS) is 15.5. The molecule has 0 aliphatic carbocycles. The monoisotopic (exact) mass is 882 g/mol. The molecule has 63 heavy (non-hydrogen) atoms. The summed E-state index contributed by atoms with van der Waals surface area (Å²) >= 11 is 0. The van der Waals surface area contributed by atoms with Gasteiger partial charge in [0.05, 0.1) is 11.3 Å². The number of aliphatic imine (C=N–C) groups is 2. The number of amides is 5. The van der Waals surface area contributed by atoms with E-state index in [1.165, 1.54) is 24.3 Å².